The normalized spacial score (nSPS) is 12.1. The van der Waals surface area contributed by atoms with Gasteiger partial charge in [-0.2, -0.15) is 5.10 Å². The molecule has 1 N–H and O–H groups in total. The van der Waals surface area contributed by atoms with Gasteiger partial charge >= 0.3 is 0 Å². The molecule has 0 aromatic carbocycles. The van der Waals surface area contributed by atoms with E-state index in [1.165, 1.54) is 5.56 Å². The summed E-state index contributed by atoms with van der Waals surface area (Å²) in [4.78, 5) is 0. The number of halogens is 1. The molecule has 0 amide bonds. The van der Waals surface area contributed by atoms with E-state index in [0.717, 1.165) is 24.3 Å². The maximum absolute atomic E-state index is 6.27. The minimum absolute atomic E-state index is 0.130. The van der Waals surface area contributed by atoms with Crippen LogP contribution in [0.15, 0.2) is 18.5 Å². The Hall–Kier alpha value is -1.26. The molecular weight excluding hydrogens is 272 g/mol. The Balaban J connectivity index is 2.06. The largest absolute Gasteiger partial charge is 0.349 e. The number of aromatic nitrogens is 3. The Kier molecular flexibility index (Phi) is 4.25. The summed E-state index contributed by atoms with van der Waals surface area (Å²) in [6.07, 6.45) is 4.24. The molecule has 0 spiro atoms. The molecule has 2 aromatic heterocycles. The van der Waals surface area contributed by atoms with Crippen LogP contribution in [0.2, 0.25) is 5.15 Å². The lowest BCUT2D eigenvalue weighted by Crippen LogP contribution is -2.34. The van der Waals surface area contributed by atoms with E-state index < -0.39 is 0 Å². The monoisotopic (exact) mass is 294 g/mol. The molecule has 0 unspecified atom stereocenters. The van der Waals surface area contributed by atoms with Gasteiger partial charge in [-0.3, -0.25) is 4.68 Å². The molecule has 2 aromatic rings. The lowest BCUT2D eigenvalue weighted by Gasteiger charge is -2.19. The van der Waals surface area contributed by atoms with Crippen LogP contribution >= 0.6 is 11.6 Å². The molecule has 2 rings (SSSR count). The number of hydrogen-bond acceptors (Lipinski definition) is 2. The van der Waals surface area contributed by atoms with Crippen molar-refractivity contribution in [1.29, 1.82) is 0 Å². The number of hydrogen-bond donors (Lipinski definition) is 1. The van der Waals surface area contributed by atoms with Gasteiger partial charge in [-0.25, -0.2) is 0 Å². The molecule has 0 aliphatic rings. The molecule has 0 saturated heterocycles. The SMILES string of the molecule is Cc1nn(C)c(Cl)c1Cn1ccc(CNC(C)(C)C)c1. The van der Waals surface area contributed by atoms with Gasteiger partial charge in [0, 0.05) is 37.1 Å². The molecule has 0 aliphatic heterocycles. The molecule has 0 fully saturated rings. The highest BCUT2D eigenvalue weighted by Gasteiger charge is 2.12. The van der Waals surface area contributed by atoms with Gasteiger partial charge in [0.1, 0.15) is 5.15 Å². The van der Waals surface area contributed by atoms with Gasteiger partial charge in [-0.1, -0.05) is 11.6 Å². The van der Waals surface area contributed by atoms with Crippen LogP contribution in [0.3, 0.4) is 0 Å². The van der Waals surface area contributed by atoms with Gasteiger partial charge < -0.3 is 9.88 Å². The Labute approximate surface area is 125 Å². The third-order valence-electron chi connectivity index (χ3n) is 3.25. The van der Waals surface area contributed by atoms with Crippen LogP contribution in [0.4, 0.5) is 0 Å². The second-order valence-electron chi connectivity index (χ2n) is 6.27. The minimum Gasteiger partial charge on any atom is -0.349 e. The van der Waals surface area contributed by atoms with Gasteiger partial charge in [0.2, 0.25) is 0 Å². The third-order valence-corrected chi connectivity index (χ3v) is 3.72. The third kappa shape index (κ3) is 3.64. The molecule has 2 heterocycles. The molecule has 110 valence electrons. The van der Waals surface area contributed by atoms with Crippen LogP contribution in [0.5, 0.6) is 0 Å². The van der Waals surface area contributed by atoms with E-state index >= 15 is 0 Å². The number of nitrogens with zero attached hydrogens (tertiary/aromatic N) is 3. The molecule has 0 saturated carbocycles. The van der Waals surface area contributed by atoms with E-state index in [4.69, 9.17) is 11.6 Å². The van der Waals surface area contributed by atoms with Crippen LogP contribution in [0.1, 0.15) is 37.6 Å². The van der Waals surface area contributed by atoms with Crippen molar-refractivity contribution >= 4 is 11.6 Å². The first-order chi connectivity index (χ1) is 9.26. The average molecular weight is 295 g/mol. The summed E-state index contributed by atoms with van der Waals surface area (Å²) in [5.74, 6) is 0. The minimum atomic E-state index is 0.130. The lowest BCUT2D eigenvalue weighted by atomic mass is 10.1. The maximum Gasteiger partial charge on any atom is 0.131 e. The standard InChI is InChI=1S/C15H23ClN4/c1-11-13(14(16)19(5)18-11)10-20-7-6-12(9-20)8-17-15(2,3)4/h6-7,9,17H,8,10H2,1-5H3. The second kappa shape index (κ2) is 5.62. The van der Waals surface area contributed by atoms with Crippen molar-refractivity contribution in [3.05, 3.63) is 40.4 Å². The summed E-state index contributed by atoms with van der Waals surface area (Å²) in [5.41, 5.74) is 3.48. The lowest BCUT2D eigenvalue weighted by molar-refractivity contribution is 0.424. The summed E-state index contributed by atoms with van der Waals surface area (Å²) in [6.45, 7) is 10.1. The Bertz CT molecular complexity index is 590. The van der Waals surface area contributed by atoms with Crippen LogP contribution in [-0.2, 0) is 20.1 Å². The van der Waals surface area contributed by atoms with Crippen LogP contribution in [0.25, 0.3) is 0 Å². The molecular formula is C15H23ClN4. The van der Waals surface area contributed by atoms with Gasteiger partial charge in [-0.05, 0) is 39.3 Å². The highest BCUT2D eigenvalue weighted by Crippen LogP contribution is 2.20. The number of nitrogens with one attached hydrogen (secondary N) is 1. The molecule has 0 bridgehead atoms. The van der Waals surface area contributed by atoms with Gasteiger partial charge in [0.15, 0.2) is 0 Å². The van der Waals surface area contributed by atoms with Crippen molar-refractivity contribution in [1.82, 2.24) is 19.7 Å². The predicted molar refractivity (Wildman–Crippen MR) is 83.1 cm³/mol. The Morgan fingerprint density at radius 2 is 2.05 bits per heavy atom. The quantitative estimate of drug-likeness (QED) is 0.940. The smallest absolute Gasteiger partial charge is 0.131 e. The van der Waals surface area contributed by atoms with Crippen molar-refractivity contribution < 1.29 is 0 Å². The molecule has 0 atom stereocenters. The fraction of sp³-hybridized carbons (Fsp3) is 0.533. The van der Waals surface area contributed by atoms with Gasteiger partial charge in [-0.15, -0.1) is 0 Å². The predicted octanol–water partition coefficient (Wildman–Crippen LogP) is 3.12. The number of aryl methyl sites for hydroxylation is 2. The molecule has 0 aliphatic carbocycles. The van der Waals surface area contributed by atoms with E-state index in [0.29, 0.717) is 5.15 Å². The molecule has 0 radical (unpaired) electrons. The van der Waals surface area contributed by atoms with Crippen LogP contribution in [0, 0.1) is 6.92 Å². The molecule has 20 heavy (non-hydrogen) atoms. The Morgan fingerprint density at radius 3 is 2.60 bits per heavy atom. The summed E-state index contributed by atoms with van der Waals surface area (Å²) in [6, 6.07) is 2.14. The van der Waals surface area contributed by atoms with Crippen LogP contribution in [-0.4, -0.2) is 19.9 Å². The average Bonchev–Trinajstić information content (AvgIpc) is 2.87. The van der Waals surface area contributed by atoms with E-state index in [2.05, 4.69) is 54.2 Å². The van der Waals surface area contributed by atoms with E-state index in [-0.39, 0.29) is 5.54 Å². The highest BCUT2D eigenvalue weighted by molar-refractivity contribution is 6.30. The summed E-state index contributed by atoms with van der Waals surface area (Å²) in [5, 5.41) is 8.54. The Morgan fingerprint density at radius 1 is 1.35 bits per heavy atom. The molecule has 4 nitrogen and oxygen atoms in total. The summed E-state index contributed by atoms with van der Waals surface area (Å²) in [7, 11) is 1.87. The maximum atomic E-state index is 6.27. The fourth-order valence-electron chi connectivity index (χ4n) is 2.10. The molecule has 5 heteroatoms. The van der Waals surface area contributed by atoms with Gasteiger partial charge in [0.05, 0.1) is 12.2 Å². The van der Waals surface area contributed by atoms with E-state index in [1.54, 1.807) is 4.68 Å². The fourth-order valence-corrected chi connectivity index (χ4v) is 2.33. The zero-order valence-corrected chi connectivity index (χ0v) is 13.6. The summed E-state index contributed by atoms with van der Waals surface area (Å²) >= 11 is 6.27. The van der Waals surface area contributed by atoms with Crippen molar-refractivity contribution in [3.63, 3.8) is 0 Å². The topological polar surface area (TPSA) is 34.8 Å². The number of rotatable bonds is 4. The van der Waals surface area contributed by atoms with Gasteiger partial charge in [0.25, 0.3) is 0 Å². The second-order valence-corrected chi connectivity index (χ2v) is 6.63. The zero-order chi connectivity index (χ0) is 14.9. The van der Waals surface area contributed by atoms with Crippen molar-refractivity contribution in [3.8, 4) is 0 Å². The van der Waals surface area contributed by atoms with E-state index in [9.17, 15) is 0 Å². The first-order valence-corrected chi connectivity index (χ1v) is 7.22. The highest BCUT2D eigenvalue weighted by atomic mass is 35.5. The van der Waals surface area contributed by atoms with Crippen molar-refractivity contribution in [2.45, 2.75) is 46.3 Å². The zero-order valence-electron chi connectivity index (χ0n) is 12.9. The van der Waals surface area contributed by atoms with Crippen LogP contribution < -0.4 is 5.32 Å². The summed E-state index contributed by atoms with van der Waals surface area (Å²) < 4.78 is 3.87. The first kappa shape index (κ1) is 15.1. The van der Waals surface area contributed by atoms with E-state index in [1.807, 2.05) is 14.0 Å². The first-order valence-electron chi connectivity index (χ1n) is 6.84. The van der Waals surface area contributed by atoms with Crippen molar-refractivity contribution in [2.75, 3.05) is 0 Å². The van der Waals surface area contributed by atoms with Crippen molar-refractivity contribution in [2.24, 2.45) is 7.05 Å².